The highest BCUT2D eigenvalue weighted by molar-refractivity contribution is 5.79. The summed E-state index contributed by atoms with van der Waals surface area (Å²) in [5.41, 5.74) is 3.28. The molecule has 1 saturated heterocycles. The molecule has 0 unspecified atom stereocenters. The maximum Gasteiger partial charge on any atom is 0.309 e. The van der Waals surface area contributed by atoms with Crippen LogP contribution in [0.3, 0.4) is 0 Å². The maximum absolute atomic E-state index is 13.4. The Morgan fingerprint density at radius 2 is 1.89 bits per heavy atom. The van der Waals surface area contributed by atoms with Crippen molar-refractivity contribution in [3.05, 3.63) is 81.4 Å². The first-order valence-corrected chi connectivity index (χ1v) is 12.9. The summed E-state index contributed by atoms with van der Waals surface area (Å²) in [5, 5.41) is 13.6. The Morgan fingerprint density at radius 1 is 1.13 bits per heavy atom. The quantitative estimate of drug-likeness (QED) is 0.355. The third-order valence-corrected chi connectivity index (χ3v) is 7.13. The minimum Gasteiger partial charge on any atom is -0.497 e. The number of pyridine rings is 1. The summed E-state index contributed by atoms with van der Waals surface area (Å²) in [6.45, 7) is 5.86. The first-order valence-electron chi connectivity index (χ1n) is 12.9. The average Bonchev–Trinajstić information content (AvgIpc) is 3.38. The smallest absolute Gasteiger partial charge is 0.309 e. The second-order valence-corrected chi connectivity index (χ2v) is 9.65. The lowest BCUT2D eigenvalue weighted by Gasteiger charge is -2.36. The van der Waals surface area contributed by atoms with Gasteiger partial charge in [0.15, 0.2) is 5.82 Å². The fourth-order valence-corrected chi connectivity index (χ4v) is 5.12. The molecule has 0 amide bonds. The van der Waals surface area contributed by atoms with Crippen molar-refractivity contribution in [2.24, 2.45) is 5.92 Å². The van der Waals surface area contributed by atoms with Crippen LogP contribution in [0.4, 0.5) is 0 Å². The number of aryl methyl sites for hydroxylation is 1. The van der Waals surface area contributed by atoms with Crippen LogP contribution >= 0.6 is 0 Å². The summed E-state index contributed by atoms with van der Waals surface area (Å²) in [7, 11) is 1.63. The Kier molecular flexibility index (Phi) is 7.50. The molecule has 1 aliphatic rings. The summed E-state index contributed by atoms with van der Waals surface area (Å²) in [6.07, 6.45) is 1.28. The van der Waals surface area contributed by atoms with E-state index in [0.29, 0.717) is 50.5 Å². The van der Waals surface area contributed by atoms with Gasteiger partial charge in [0.2, 0.25) is 0 Å². The Bertz CT molecular complexity index is 1470. The first kappa shape index (κ1) is 25.6. The van der Waals surface area contributed by atoms with Crippen LogP contribution in [0.1, 0.15) is 48.3 Å². The molecule has 0 bridgehead atoms. The molecule has 1 atom stereocenters. The molecule has 0 saturated carbocycles. The topological polar surface area (TPSA) is 115 Å². The lowest BCUT2D eigenvalue weighted by molar-refractivity contribution is -0.149. The number of likely N-dealkylation sites (tertiary alicyclic amines) is 1. The number of esters is 1. The molecular weight excluding hydrogens is 484 g/mol. The van der Waals surface area contributed by atoms with Crippen molar-refractivity contribution in [1.82, 2.24) is 30.1 Å². The average molecular weight is 517 g/mol. The number of hydrogen-bond acceptors (Lipinski definition) is 8. The first-order chi connectivity index (χ1) is 18.5. The van der Waals surface area contributed by atoms with Crippen molar-refractivity contribution in [3.8, 4) is 5.75 Å². The van der Waals surface area contributed by atoms with Crippen molar-refractivity contribution in [1.29, 1.82) is 0 Å². The Balaban J connectivity index is 1.53. The molecule has 10 nitrogen and oxygen atoms in total. The zero-order valence-corrected chi connectivity index (χ0v) is 21.9. The number of nitrogens with zero attached hydrogens (tertiary/aromatic N) is 5. The van der Waals surface area contributed by atoms with Gasteiger partial charge in [-0.15, -0.1) is 5.10 Å². The SMILES string of the molecule is CCOC(=O)C1CCN([C@@H](c2cc3cc(C)ccc3[nH]c2=O)c2nnnn2Cc2ccc(OC)cc2)CC1. The zero-order chi connectivity index (χ0) is 26.6. The number of carbonyl (C=O) groups is 1. The predicted octanol–water partition coefficient (Wildman–Crippen LogP) is 3.24. The van der Waals surface area contributed by atoms with Crippen molar-refractivity contribution in [2.45, 2.75) is 39.3 Å². The van der Waals surface area contributed by atoms with Gasteiger partial charge in [-0.05, 0) is 78.4 Å². The molecule has 0 radical (unpaired) electrons. The monoisotopic (exact) mass is 516 g/mol. The second-order valence-electron chi connectivity index (χ2n) is 9.65. The summed E-state index contributed by atoms with van der Waals surface area (Å²) in [5.74, 6) is 1.03. The molecule has 5 rings (SSSR count). The van der Waals surface area contributed by atoms with E-state index < -0.39 is 6.04 Å². The minimum atomic E-state index is -0.486. The number of methoxy groups -OCH3 is 1. The van der Waals surface area contributed by atoms with Gasteiger partial charge in [-0.1, -0.05) is 23.8 Å². The van der Waals surface area contributed by atoms with Gasteiger partial charge in [0, 0.05) is 24.2 Å². The number of tetrazole rings is 1. The number of H-pyrrole nitrogens is 1. The maximum atomic E-state index is 13.4. The Labute approximate surface area is 220 Å². The van der Waals surface area contributed by atoms with E-state index in [9.17, 15) is 9.59 Å². The standard InChI is InChI=1S/C28H32N6O4/c1-4-38-28(36)20-11-13-33(14-12-20)25(23-16-21-15-18(2)5-10-24(21)29-27(23)35)26-30-31-32-34(26)17-19-6-8-22(37-3)9-7-19/h5-10,15-16,20,25H,4,11-14,17H2,1-3H3,(H,29,35)/t25-/m0/s1. The van der Waals surface area contributed by atoms with Crippen LogP contribution in [-0.2, 0) is 16.1 Å². The number of fused-ring (bicyclic) bond motifs is 1. The number of benzene rings is 2. The van der Waals surface area contributed by atoms with E-state index >= 15 is 0 Å². The lowest BCUT2D eigenvalue weighted by Crippen LogP contribution is -2.42. The van der Waals surface area contributed by atoms with E-state index in [4.69, 9.17) is 9.47 Å². The molecule has 4 aromatic rings. The molecule has 0 spiro atoms. The summed E-state index contributed by atoms with van der Waals surface area (Å²) in [6, 6.07) is 15.1. The molecule has 2 aromatic heterocycles. The summed E-state index contributed by atoms with van der Waals surface area (Å²) >= 11 is 0. The van der Waals surface area contributed by atoms with Gasteiger partial charge in [-0.2, -0.15) is 0 Å². The normalized spacial score (nSPS) is 15.4. The van der Waals surface area contributed by atoms with E-state index in [1.165, 1.54) is 0 Å². The Hall–Kier alpha value is -4.05. The van der Waals surface area contributed by atoms with Crippen molar-refractivity contribution >= 4 is 16.9 Å². The van der Waals surface area contributed by atoms with E-state index in [-0.39, 0.29) is 17.4 Å². The zero-order valence-electron chi connectivity index (χ0n) is 21.9. The van der Waals surface area contributed by atoms with Crippen LogP contribution in [0.25, 0.3) is 10.9 Å². The van der Waals surface area contributed by atoms with Gasteiger partial charge in [-0.25, -0.2) is 4.68 Å². The highest BCUT2D eigenvalue weighted by Gasteiger charge is 2.35. The molecule has 1 N–H and O–H groups in total. The van der Waals surface area contributed by atoms with Crippen LogP contribution in [-0.4, -0.2) is 62.9 Å². The van der Waals surface area contributed by atoms with Crippen LogP contribution in [0.2, 0.25) is 0 Å². The number of hydrogen-bond donors (Lipinski definition) is 1. The van der Waals surface area contributed by atoms with Gasteiger partial charge in [0.05, 0.1) is 26.2 Å². The molecular formula is C28H32N6O4. The van der Waals surface area contributed by atoms with Crippen molar-refractivity contribution in [2.75, 3.05) is 26.8 Å². The van der Waals surface area contributed by atoms with Gasteiger partial charge in [-0.3, -0.25) is 14.5 Å². The number of aromatic amines is 1. The van der Waals surface area contributed by atoms with E-state index in [0.717, 1.165) is 27.8 Å². The Morgan fingerprint density at radius 3 is 2.61 bits per heavy atom. The lowest BCUT2D eigenvalue weighted by atomic mass is 9.93. The molecule has 3 heterocycles. The van der Waals surface area contributed by atoms with Gasteiger partial charge >= 0.3 is 5.97 Å². The molecule has 38 heavy (non-hydrogen) atoms. The summed E-state index contributed by atoms with van der Waals surface area (Å²) < 4.78 is 12.3. The predicted molar refractivity (Wildman–Crippen MR) is 142 cm³/mol. The highest BCUT2D eigenvalue weighted by Crippen LogP contribution is 2.31. The fraction of sp³-hybridized carbons (Fsp3) is 0.393. The molecule has 1 aliphatic heterocycles. The van der Waals surface area contributed by atoms with E-state index in [1.54, 1.807) is 11.8 Å². The van der Waals surface area contributed by atoms with Crippen LogP contribution < -0.4 is 10.3 Å². The third-order valence-electron chi connectivity index (χ3n) is 7.13. The third kappa shape index (κ3) is 5.31. The van der Waals surface area contributed by atoms with Crippen LogP contribution in [0.15, 0.2) is 53.3 Å². The van der Waals surface area contributed by atoms with Crippen molar-refractivity contribution < 1.29 is 14.3 Å². The number of piperidine rings is 1. The number of carbonyl (C=O) groups excluding carboxylic acids is 1. The molecule has 0 aliphatic carbocycles. The number of nitrogens with one attached hydrogen (secondary N) is 1. The number of aromatic nitrogens is 5. The summed E-state index contributed by atoms with van der Waals surface area (Å²) in [4.78, 5) is 31.1. The van der Waals surface area contributed by atoms with Crippen molar-refractivity contribution in [3.63, 3.8) is 0 Å². The highest BCUT2D eigenvalue weighted by atomic mass is 16.5. The van der Waals surface area contributed by atoms with Crippen LogP contribution in [0.5, 0.6) is 5.75 Å². The number of ether oxygens (including phenoxy) is 2. The van der Waals surface area contributed by atoms with Gasteiger partial charge in [0.25, 0.3) is 5.56 Å². The molecule has 198 valence electrons. The second kappa shape index (κ2) is 11.1. The van der Waals surface area contributed by atoms with E-state index in [2.05, 4.69) is 31.5 Å². The fourth-order valence-electron chi connectivity index (χ4n) is 5.12. The molecule has 2 aromatic carbocycles. The molecule has 1 fully saturated rings. The number of rotatable bonds is 8. The molecule has 10 heteroatoms. The van der Waals surface area contributed by atoms with Crippen LogP contribution in [0, 0.1) is 12.8 Å². The largest absolute Gasteiger partial charge is 0.497 e. The van der Waals surface area contributed by atoms with Gasteiger partial charge < -0.3 is 14.5 Å². The van der Waals surface area contributed by atoms with E-state index in [1.807, 2.05) is 56.3 Å². The minimum absolute atomic E-state index is 0.153. The van der Waals surface area contributed by atoms with Gasteiger partial charge in [0.1, 0.15) is 11.8 Å².